The lowest BCUT2D eigenvalue weighted by molar-refractivity contribution is 0.0502. The summed E-state index contributed by atoms with van der Waals surface area (Å²) in [5, 5.41) is 9.50. The molecule has 78 valence electrons. The van der Waals surface area contributed by atoms with Crippen LogP contribution in [0.4, 0.5) is 0 Å². The quantitative estimate of drug-likeness (QED) is 0.682. The van der Waals surface area contributed by atoms with Crippen LogP contribution in [-0.4, -0.2) is 26.1 Å². The van der Waals surface area contributed by atoms with E-state index in [0.29, 0.717) is 15.1 Å². The minimum absolute atomic E-state index is 0.135. The van der Waals surface area contributed by atoms with Gasteiger partial charge in [-0.1, -0.05) is 0 Å². The molecule has 5 heteroatoms. The molecular weight excluding hydrogens is 299 g/mol. The Morgan fingerprint density at radius 3 is 2.64 bits per heavy atom. The Kier molecular flexibility index (Phi) is 4.27. The van der Waals surface area contributed by atoms with Gasteiger partial charge in [-0.3, -0.25) is 0 Å². The van der Waals surface area contributed by atoms with Crippen LogP contribution in [0, 0.1) is 3.57 Å². The molecule has 0 aliphatic rings. The highest BCUT2D eigenvalue weighted by molar-refractivity contribution is 14.1. The monoisotopic (exact) mass is 310 g/mol. The number of aromatic hydroxyl groups is 1. The van der Waals surface area contributed by atoms with E-state index in [1.54, 1.807) is 6.07 Å². The standard InChI is InChI=1S/C9H11IO4/c1-12-5-14-8-4-6(13-2)3-7(11)9(8)10/h3-4,11H,5H2,1-2H3. The van der Waals surface area contributed by atoms with Crippen molar-refractivity contribution >= 4 is 22.6 Å². The molecule has 0 aliphatic carbocycles. The topological polar surface area (TPSA) is 47.9 Å². The number of hydrogen-bond donors (Lipinski definition) is 1. The fraction of sp³-hybridized carbons (Fsp3) is 0.333. The van der Waals surface area contributed by atoms with Gasteiger partial charge in [0.1, 0.15) is 17.2 Å². The minimum atomic E-state index is 0.135. The average molecular weight is 310 g/mol. The van der Waals surface area contributed by atoms with E-state index < -0.39 is 0 Å². The van der Waals surface area contributed by atoms with Gasteiger partial charge in [0, 0.05) is 19.2 Å². The molecule has 1 aromatic carbocycles. The summed E-state index contributed by atoms with van der Waals surface area (Å²) < 4.78 is 15.6. The summed E-state index contributed by atoms with van der Waals surface area (Å²) in [5.74, 6) is 1.23. The van der Waals surface area contributed by atoms with E-state index in [1.807, 2.05) is 22.6 Å². The summed E-state index contributed by atoms with van der Waals surface area (Å²) in [6.45, 7) is 0.141. The molecule has 0 bridgehead atoms. The van der Waals surface area contributed by atoms with Crippen LogP contribution in [0.25, 0.3) is 0 Å². The Hall–Kier alpha value is -0.690. The molecule has 4 nitrogen and oxygen atoms in total. The van der Waals surface area contributed by atoms with Crippen molar-refractivity contribution in [3.63, 3.8) is 0 Å². The zero-order chi connectivity index (χ0) is 10.6. The van der Waals surface area contributed by atoms with Crippen LogP contribution >= 0.6 is 22.6 Å². The Balaban J connectivity index is 2.95. The van der Waals surface area contributed by atoms with Crippen molar-refractivity contribution in [3.05, 3.63) is 15.7 Å². The molecule has 0 saturated heterocycles. The van der Waals surface area contributed by atoms with E-state index in [-0.39, 0.29) is 12.5 Å². The first-order valence-electron chi connectivity index (χ1n) is 3.87. The van der Waals surface area contributed by atoms with Gasteiger partial charge in [0.15, 0.2) is 6.79 Å². The van der Waals surface area contributed by atoms with Gasteiger partial charge in [-0.05, 0) is 22.6 Å². The van der Waals surface area contributed by atoms with Crippen LogP contribution in [0.1, 0.15) is 0 Å². The fourth-order valence-electron chi connectivity index (χ4n) is 0.904. The first-order chi connectivity index (χ1) is 6.69. The molecule has 1 aromatic rings. The van der Waals surface area contributed by atoms with Crippen molar-refractivity contribution in [1.29, 1.82) is 0 Å². The van der Waals surface area contributed by atoms with Crippen molar-refractivity contribution < 1.29 is 19.3 Å². The van der Waals surface area contributed by atoms with Gasteiger partial charge in [-0.15, -0.1) is 0 Å². The lowest BCUT2D eigenvalue weighted by Crippen LogP contribution is -2.00. The van der Waals surface area contributed by atoms with Crippen LogP contribution in [0.2, 0.25) is 0 Å². The van der Waals surface area contributed by atoms with E-state index in [2.05, 4.69) is 0 Å². The molecular formula is C9H11IO4. The summed E-state index contributed by atoms with van der Waals surface area (Å²) in [7, 11) is 3.06. The molecule has 1 rings (SSSR count). The van der Waals surface area contributed by atoms with Gasteiger partial charge in [-0.25, -0.2) is 0 Å². The largest absolute Gasteiger partial charge is 0.507 e. The van der Waals surface area contributed by atoms with Crippen molar-refractivity contribution in [2.24, 2.45) is 0 Å². The zero-order valence-electron chi connectivity index (χ0n) is 7.91. The highest BCUT2D eigenvalue weighted by Gasteiger charge is 2.09. The fourth-order valence-corrected chi connectivity index (χ4v) is 1.37. The number of hydrogen-bond acceptors (Lipinski definition) is 4. The molecule has 0 aromatic heterocycles. The number of benzene rings is 1. The molecule has 0 saturated carbocycles. The van der Waals surface area contributed by atoms with Crippen molar-refractivity contribution in [3.8, 4) is 17.2 Å². The highest BCUT2D eigenvalue weighted by atomic mass is 127. The van der Waals surface area contributed by atoms with E-state index in [1.165, 1.54) is 20.3 Å². The summed E-state index contributed by atoms with van der Waals surface area (Å²) >= 11 is 1.99. The number of rotatable bonds is 4. The SMILES string of the molecule is COCOc1cc(OC)cc(O)c1I. The van der Waals surface area contributed by atoms with E-state index in [4.69, 9.17) is 14.2 Å². The Morgan fingerprint density at radius 2 is 2.07 bits per heavy atom. The molecule has 0 unspecified atom stereocenters. The summed E-state index contributed by atoms with van der Waals surface area (Å²) in [6.07, 6.45) is 0. The first-order valence-corrected chi connectivity index (χ1v) is 4.95. The third-order valence-electron chi connectivity index (χ3n) is 1.56. The predicted molar refractivity (Wildman–Crippen MR) is 59.9 cm³/mol. The highest BCUT2D eigenvalue weighted by Crippen LogP contribution is 2.34. The third-order valence-corrected chi connectivity index (χ3v) is 2.65. The second-order valence-electron chi connectivity index (χ2n) is 2.51. The maximum absolute atomic E-state index is 9.50. The zero-order valence-corrected chi connectivity index (χ0v) is 10.1. The van der Waals surface area contributed by atoms with Gasteiger partial charge in [-0.2, -0.15) is 0 Å². The van der Waals surface area contributed by atoms with E-state index in [9.17, 15) is 5.11 Å². The van der Waals surface area contributed by atoms with Gasteiger partial charge in [0.2, 0.25) is 0 Å². The third kappa shape index (κ3) is 2.65. The second kappa shape index (κ2) is 5.26. The Bertz CT molecular complexity index is 314. The Morgan fingerprint density at radius 1 is 1.36 bits per heavy atom. The van der Waals surface area contributed by atoms with Gasteiger partial charge in [0.25, 0.3) is 0 Å². The maximum Gasteiger partial charge on any atom is 0.188 e. The number of halogens is 1. The van der Waals surface area contributed by atoms with Gasteiger partial charge < -0.3 is 19.3 Å². The van der Waals surface area contributed by atoms with Crippen LogP contribution in [-0.2, 0) is 4.74 Å². The van der Waals surface area contributed by atoms with Crippen LogP contribution in [0.3, 0.4) is 0 Å². The first kappa shape index (κ1) is 11.4. The van der Waals surface area contributed by atoms with Crippen molar-refractivity contribution in [2.75, 3.05) is 21.0 Å². The molecule has 14 heavy (non-hydrogen) atoms. The van der Waals surface area contributed by atoms with E-state index >= 15 is 0 Å². The van der Waals surface area contributed by atoms with Crippen LogP contribution in [0.5, 0.6) is 17.2 Å². The lowest BCUT2D eigenvalue weighted by atomic mass is 10.3. The normalized spacial score (nSPS) is 9.93. The van der Waals surface area contributed by atoms with Gasteiger partial charge in [0.05, 0.1) is 10.7 Å². The molecule has 0 amide bonds. The summed E-state index contributed by atoms with van der Waals surface area (Å²) in [6, 6.07) is 3.22. The molecule has 0 spiro atoms. The smallest absolute Gasteiger partial charge is 0.188 e. The molecule has 0 radical (unpaired) electrons. The lowest BCUT2D eigenvalue weighted by Gasteiger charge is -2.10. The summed E-state index contributed by atoms with van der Waals surface area (Å²) in [5.41, 5.74) is 0. The number of ether oxygens (including phenoxy) is 3. The molecule has 0 atom stereocenters. The van der Waals surface area contributed by atoms with Crippen LogP contribution in [0.15, 0.2) is 12.1 Å². The Labute approximate surface area is 95.9 Å². The molecule has 0 aliphatic heterocycles. The predicted octanol–water partition coefficient (Wildman–Crippen LogP) is 1.99. The maximum atomic E-state index is 9.50. The number of methoxy groups -OCH3 is 2. The van der Waals surface area contributed by atoms with Crippen molar-refractivity contribution in [2.45, 2.75) is 0 Å². The molecule has 0 fully saturated rings. The molecule has 0 heterocycles. The number of phenolic OH excluding ortho intramolecular Hbond substituents is 1. The molecule has 1 N–H and O–H groups in total. The average Bonchev–Trinajstić information content (AvgIpc) is 2.20. The van der Waals surface area contributed by atoms with Gasteiger partial charge >= 0.3 is 0 Å². The second-order valence-corrected chi connectivity index (χ2v) is 3.59. The van der Waals surface area contributed by atoms with Crippen molar-refractivity contribution in [1.82, 2.24) is 0 Å². The van der Waals surface area contributed by atoms with E-state index in [0.717, 1.165) is 0 Å². The van der Waals surface area contributed by atoms with Crippen LogP contribution < -0.4 is 9.47 Å². The summed E-state index contributed by atoms with van der Waals surface area (Å²) in [4.78, 5) is 0. The number of phenols is 1. The minimum Gasteiger partial charge on any atom is -0.507 e.